The quantitative estimate of drug-likeness (QED) is 0.109. The predicted octanol–water partition coefficient (Wildman–Crippen LogP) is 13.4. The zero-order valence-corrected chi connectivity index (χ0v) is 38.8. The molecule has 2 atom stereocenters. The largest absolute Gasteiger partial charge is 0.416 e. The Morgan fingerprint density at radius 1 is 0.557 bits per heavy atom. The van der Waals surface area contributed by atoms with Gasteiger partial charge in [0.2, 0.25) is 10.0 Å². The lowest BCUT2D eigenvalue weighted by atomic mass is 9.67. The van der Waals surface area contributed by atoms with Crippen LogP contribution in [0.25, 0.3) is 9.69 Å². The van der Waals surface area contributed by atoms with Crippen LogP contribution in [0.1, 0.15) is 122 Å². The number of halogens is 12. The molecule has 0 unspecified atom stereocenters. The number of hydrogen-bond acceptors (Lipinski definition) is 5. The van der Waals surface area contributed by atoms with Crippen molar-refractivity contribution in [2.75, 3.05) is 19.5 Å². The molecule has 0 saturated heterocycles. The molecule has 2 aliphatic carbocycles. The fourth-order valence-electron chi connectivity index (χ4n) is 8.80. The van der Waals surface area contributed by atoms with Crippen molar-refractivity contribution in [1.29, 1.82) is 0 Å². The minimum atomic E-state index is -4.97. The second kappa shape index (κ2) is 20.9. The number of alkyl halides is 12. The summed E-state index contributed by atoms with van der Waals surface area (Å²) in [6, 6.07) is 21.2. The smallest absolute Gasteiger partial charge is 0.373 e. The lowest BCUT2D eigenvalue weighted by Gasteiger charge is -2.41. The van der Waals surface area contributed by atoms with Crippen LogP contribution in [0.4, 0.5) is 52.7 Å². The maximum atomic E-state index is 13.3. The first-order valence-electron chi connectivity index (χ1n) is 21.7. The van der Waals surface area contributed by atoms with E-state index >= 15 is 0 Å². The van der Waals surface area contributed by atoms with E-state index in [4.69, 9.17) is 28.4 Å². The van der Waals surface area contributed by atoms with Gasteiger partial charge < -0.3 is 9.47 Å². The van der Waals surface area contributed by atoms with E-state index in [1.165, 1.54) is 13.8 Å². The molecule has 0 amide bonds. The van der Waals surface area contributed by atoms with Crippen molar-refractivity contribution in [3.05, 3.63) is 164 Å². The minimum Gasteiger partial charge on any atom is -0.373 e. The van der Waals surface area contributed by atoms with Crippen LogP contribution in [0, 0.1) is 13.1 Å². The summed E-state index contributed by atoms with van der Waals surface area (Å²) in [5.74, 6) is 0. The number of sulfonamides is 1. The Hall–Kier alpha value is -5.19. The van der Waals surface area contributed by atoms with Crippen LogP contribution in [-0.2, 0) is 55.0 Å². The van der Waals surface area contributed by atoms with Gasteiger partial charge in [-0.05, 0) is 98.2 Å². The molecule has 0 heterocycles. The molecule has 4 aromatic rings. The second-order valence-corrected chi connectivity index (χ2v) is 19.9. The zero-order valence-electron chi connectivity index (χ0n) is 38.0. The monoisotopic (exact) mass is 1020 g/mol. The Bertz CT molecular complexity index is 2550. The number of nitrogens with two attached hydrogens (primary N) is 1. The van der Waals surface area contributed by atoms with Gasteiger partial charge in [-0.1, -0.05) is 60.7 Å². The van der Waals surface area contributed by atoms with Gasteiger partial charge in [-0.3, -0.25) is 15.4 Å². The molecular formula is C49H50F12N4O4S. The molecule has 6 rings (SSSR count). The van der Waals surface area contributed by atoms with Crippen molar-refractivity contribution in [3.8, 4) is 0 Å². The van der Waals surface area contributed by atoms with Crippen LogP contribution in [0.5, 0.6) is 0 Å². The number of hydrogen-bond donors (Lipinski definition) is 2. The van der Waals surface area contributed by atoms with E-state index in [-0.39, 0.29) is 49.3 Å². The minimum absolute atomic E-state index is 0.0528. The van der Waals surface area contributed by atoms with Gasteiger partial charge >= 0.3 is 24.7 Å². The highest BCUT2D eigenvalue weighted by Gasteiger charge is 2.50. The molecule has 8 nitrogen and oxygen atoms in total. The van der Waals surface area contributed by atoms with E-state index in [1.54, 1.807) is 18.2 Å². The number of nitrogens with one attached hydrogen (secondary N) is 1. The molecule has 0 aliphatic heterocycles. The summed E-state index contributed by atoms with van der Waals surface area (Å²) in [4.78, 5) is 7.06. The molecule has 0 spiro atoms. The summed E-state index contributed by atoms with van der Waals surface area (Å²) in [5.41, 5.74) is -1.77. The van der Waals surface area contributed by atoms with E-state index in [0.717, 1.165) is 17.4 Å². The van der Waals surface area contributed by atoms with Gasteiger partial charge in [0, 0.05) is 36.5 Å². The average Bonchev–Trinajstić information content (AvgIpc) is 3.30. The molecule has 3 N–H and O–H groups in total. The molecule has 0 radical (unpaired) electrons. The maximum Gasteiger partial charge on any atom is 0.416 e. The standard InChI is InChI=1S/C25H26F6N2O3S.C24H24F6N2O/c1-17(18-13-20(24(26,27)28)15-21(14-18)25(29,30)31)36-16-22(19-7-5-4-6-8-19)9-11-23(32-2,12-10-22)33-37(3,34)35;1-16(17-12-19(23(25,26)27)14-20(13-17)24(28,29)30)33-15-21(18-6-4-3-5-7-18)8-10-22(31,32-2)11-9-21/h4-8,13-15,17,33H,9-12,16H2,1,3H3;3-7,12-14,16H,8-11,15,31H2,1H3/t17-,22?,23?;16-,21?,22?/m11/s1. The van der Waals surface area contributed by atoms with E-state index in [1.807, 2.05) is 42.5 Å². The molecule has 70 heavy (non-hydrogen) atoms. The van der Waals surface area contributed by atoms with Gasteiger partial charge in [0.25, 0.3) is 11.3 Å². The predicted molar refractivity (Wildman–Crippen MR) is 236 cm³/mol. The van der Waals surface area contributed by atoms with Gasteiger partial charge in [0.15, 0.2) is 0 Å². The van der Waals surface area contributed by atoms with Crippen molar-refractivity contribution in [3.63, 3.8) is 0 Å². The SMILES string of the molecule is [C-]#[N+]C1(N)CCC(CO[C@H](C)c2cc(C(F)(F)F)cc(C(F)(F)F)c2)(c2ccccc2)CC1.[C-]#[N+]C1(NS(C)(=O)=O)CCC(CO[C@H](C)c2cc(C(F)(F)F)cc(C(F)(F)F)c2)(c2ccccc2)CC1. The van der Waals surface area contributed by atoms with Crippen LogP contribution in [0.15, 0.2) is 97.1 Å². The van der Waals surface area contributed by atoms with Crippen molar-refractivity contribution in [2.45, 2.75) is 124 Å². The number of rotatable bonds is 12. The third-order valence-electron chi connectivity index (χ3n) is 13.1. The topological polar surface area (TPSA) is 99.4 Å². The summed E-state index contributed by atoms with van der Waals surface area (Å²) >= 11 is 0. The summed E-state index contributed by atoms with van der Waals surface area (Å²) in [6.07, 6.45) is -18.2. The van der Waals surface area contributed by atoms with Crippen LogP contribution in [-0.4, -0.2) is 39.2 Å². The average molecular weight is 1020 g/mol. The molecule has 0 bridgehead atoms. The molecular weight excluding hydrogens is 969 g/mol. The van der Waals surface area contributed by atoms with Crippen molar-refractivity contribution in [1.82, 2.24) is 4.72 Å². The fraction of sp³-hybridized carbons (Fsp3) is 0.469. The van der Waals surface area contributed by atoms with E-state index < -0.39 is 91.3 Å². The summed E-state index contributed by atoms with van der Waals surface area (Å²) < 4.78 is 197. The fourth-order valence-corrected chi connectivity index (χ4v) is 9.74. The third kappa shape index (κ3) is 14.0. The Kier molecular flexibility index (Phi) is 16.6. The summed E-state index contributed by atoms with van der Waals surface area (Å²) in [5, 5.41) is 0. The lowest BCUT2D eigenvalue weighted by Crippen LogP contribution is -2.51. The van der Waals surface area contributed by atoms with Gasteiger partial charge in [-0.2, -0.15) is 52.7 Å². The summed E-state index contributed by atoms with van der Waals surface area (Å²) in [7, 11) is -3.67. The lowest BCUT2D eigenvalue weighted by molar-refractivity contribution is -0.145. The van der Waals surface area contributed by atoms with Crippen LogP contribution in [0.3, 0.4) is 0 Å². The highest BCUT2D eigenvalue weighted by molar-refractivity contribution is 7.88. The highest BCUT2D eigenvalue weighted by Crippen LogP contribution is 2.47. The van der Waals surface area contributed by atoms with Crippen molar-refractivity contribution >= 4 is 10.0 Å². The van der Waals surface area contributed by atoms with Crippen molar-refractivity contribution in [2.24, 2.45) is 5.73 Å². The second-order valence-electron chi connectivity index (χ2n) is 18.1. The molecule has 380 valence electrons. The van der Waals surface area contributed by atoms with Crippen LogP contribution >= 0.6 is 0 Å². The number of nitrogens with zero attached hydrogens (tertiary/aromatic N) is 2. The normalized spacial score (nSPS) is 24.3. The third-order valence-corrected chi connectivity index (χ3v) is 13.8. The number of benzene rings is 4. The summed E-state index contributed by atoms with van der Waals surface area (Å²) in [6.45, 7) is 17.7. The highest BCUT2D eigenvalue weighted by atomic mass is 32.2. The van der Waals surface area contributed by atoms with Gasteiger partial charge in [-0.25, -0.2) is 21.6 Å². The van der Waals surface area contributed by atoms with Crippen LogP contribution < -0.4 is 10.5 Å². The molecule has 2 fully saturated rings. The van der Waals surface area contributed by atoms with E-state index in [2.05, 4.69) is 14.4 Å². The Labute approximate surface area is 398 Å². The first-order chi connectivity index (χ1) is 32.3. The van der Waals surface area contributed by atoms with E-state index in [0.29, 0.717) is 62.8 Å². The van der Waals surface area contributed by atoms with Crippen molar-refractivity contribution < 1.29 is 70.6 Å². The van der Waals surface area contributed by atoms with E-state index in [9.17, 15) is 61.1 Å². The van der Waals surface area contributed by atoms with Gasteiger partial charge in [-0.15, -0.1) is 4.72 Å². The zero-order chi connectivity index (χ0) is 52.2. The van der Waals surface area contributed by atoms with Gasteiger partial charge in [0.1, 0.15) is 0 Å². The Morgan fingerprint density at radius 2 is 0.871 bits per heavy atom. The first-order valence-corrected chi connectivity index (χ1v) is 23.6. The number of ether oxygens (including phenoxy) is 2. The maximum absolute atomic E-state index is 13.3. The first kappa shape index (κ1) is 55.7. The Balaban J connectivity index is 0.000000262. The van der Waals surface area contributed by atoms with Gasteiger partial charge in [0.05, 0.1) is 53.9 Å². The molecule has 0 aromatic heterocycles. The molecule has 21 heteroatoms. The molecule has 2 aliphatic rings. The molecule has 2 saturated carbocycles. The van der Waals surface area contributed by atoms with Crippen LogP contribution in [0.2, 0.25) is 0 Å². The molecule has 4 aromatic carbocycles. The Morgan fingerprint density at radius 3 is 1.14 bits per heavy atom.